The molecule has 4 nitrogen and oxygen atoms in total. The Kier molecular flexibility index (Phi) is 3.04. The second-order valence-electron chi connectivity index (χ2n) is 4.09. The second kappa shape index (κ2) is 4.47. The first-order chi connectivity index (χ1) is 7.31. The van der Waals surface area contributed by atoms with E-state index in [1.165, 1.54) is 6.42 Å². The third-order valence-corrected chi connectivity index (χ3v) is 3.19. The highest BCUT2D eigenvalue weighted by Crippen LogP contribution is 2.20. The number of hydrogen-bond donors (Lipinski definition) is 0. The molecule has 0 aromatic carbocycles. The molecule has 0 bridgehead atoms. The average molecular weight is 207 g/mol. The zero-order chi connectivity index (χ0) is 10.7. The number of hydrogen-bond acceptors (Lipinski definition) is 2. The molecule has 4 heteroatoms. The van der Waals surface area contributed by atoms with Gasteiger partial charge in [0.15, 0.2) is 0 Å². The van der Waals surface area contributed by atoms with Crippen LogP contribution < -0.4 is 0 Å². The number of carbonyl (C=O) groups excluding carboxylic acids is 1. The Morgan fingerprint density at radius 2 is 2.20 bits per heavy atom. The first-order valence-electron chi connectivity index (χ1n) is 5.58. The van der Waals surface area contributed by atoms with Crippen LogP contribution in [-0.2, 0) is 0 Å². The third kappa shape index (κ3) is 2.19. The van der Waals surface area contributed by atoms with Gasteiger partial charge in [0.2, 0.25) is 0 Å². The second-order valence-corrected chi connectivity index (χ2v) is 4.09. The monoisotopic (exact) mass is 207 g/mol. The van der Waals surface area contributed by atoms with E-state index >= 15 is 0 Å². The van der Waals surface area contributed by atoms with Crippen molar-refractivity contribution in [2.75, 3.05) is 13.1 Å². The molecule has 2 heterocycles. The van der Waals surface area contributed by atoms with Crippen LogP contribution in [0.4, 0.5) is 4.79 Å². The number of piperidine rings is 1. The highest BCUT2D eigenvalue weighted by molar-refractivity contribution is 5.76. The van der Waals surface area contributed by atoms with E-state index in [2.05, 4.69) is 11.9 Å². The number of rotatable bonds is 1. The number of likely N-dealkylation sites (tertiary alicyclic amines) is 1. The molecule has 1 aliphatic rings. The molecule has 82 valence electrons. The quantitative estimate of drug-likeness (QED) is 0.706. The predicted molar refractivity (Wildman–Crippen MR) is 57.6 cm³/mol. The maximum atomic E-state index is 11.9. The number of aromatic nitrogens is 2. The van der Waals surface area contributed by atoms with Gasteiger partial charge in [-0.1, -0.05) is 13.3 Å². The van der Waals surface area contributed by atoms with Crippen LogP contribution in [0, 0.1) is 5.92 Å². The van der Waals surface area contributed by atoms with E-state index in [9.17, 15) is 4.79 Å². The highest BCUT2D eigenvalue weighted by atomic mass is 16.2. The third-order valence-electron chi connectivity index (χ3n) is 3.19. The van der Waals surface area contributed by atoms with Crippen LogP contribution in [0.1, 0.15) is 26.2 Å². The molecule has 1 fully saturated rings. The van der Waals surface area contributed by atoms with Crippen molar-refractivity contribution in [1.29, 1.82) is 0 Å². The molecule has 0 aliphatic carbocycles. The summed E-state index contributed by atoms with van der Waals surface area (Å²) in [6, 6.07) is 0.0575. The SMILES string of the molecule is CCC1CCN(C(=O)n2ccnc2)CC1. The van der Waals surface area contributed by atoms with E-state index in [4.69, 9.17) is 0 Å². The number of amides is 1. The molecule has 0 N–H and O–H groups in total. The molecule has 1 aromatic rings. The highest BCUT2D eigenvalue weighted by Gasteiger charge is 2.22. The Balaban J connectivity index is 1.93. The van der Waals surface area contributed by atoms with Crippen molar-refractivity contribution in [2.24, 2.45) is 5.92 Å². The van der Waals surface area contributed by atoms with Crippen molar-refractivity contribution in [3.05, 3.63) is 18.7 Å². The molecule has 1 saturated heterocycles. The molecule has 1 amide bonds. The van der Waals surface area contributed by atoms with Crippen LogP contribution in [0.15, 0.2) is 18.7 Å². The summed E-state index contributed by atoms with van der Waals surface area (Å²) in [6.07, 6.45) is 8.40. The fourth-order valence-corrected chi connectivity index (χ4v) is 2.07. The zero-order valence-corrected chi connectivity index (χ0v) is 9.09. The number of carbonyl (C=O) groups is 1. The van der Waals surface area contributed by atoms with Gasteiger partial charge in [0.1, 0.15) is 6.33 Å². The molecular formula is C11H17N3O. The van der Waals surface area contributed by atoms with Gasteiger partial charge in [0.05, 0.1) is 0 Å². The Bertz CT molecular complexity index is 313. The van der Waals surface area contributed by atoms with E-state index < -0.39 is 0 Å². The molecular weight excluding hydrogens is 190 g/mol. The van der Waals surface area contributed by atoms with Crippen molar-refractivity contribution < 1.29 is 4.79 Å². The van der Waals surface area contributed by atoms with Gasteiger partial charge in [-0.15, -0.1) is 0 Å². The molecule has 2 rings (SSSR count). The molecule has 0 spiro atoms. The normalized spacial score (nSPS) is 18.1. The van der Waals surface area contributed by atoms with Crippen molar-refractivity contribution in [3.8, 4) is 0 Å². The Hall–Kier alpha value is -1.32. The van der Waals surface area contributed by atoms with E-state index in [1.54, 1.807) is 23.3 Å². The van der Waals surface area contributed by atoms with Crippen LogP contribution >= 0.6 is 0 Å². The van der Waals surface area contributed by atoms with E-state index in [0.717, 1.165) is 31.8 Å². The summed E-state index contributed by atoms with van der Waals surface area (Å²) in [6.45, 7) is 3.99. The van der Waals surface area contributed by atoms with Gasteiger partial charge in [0, 0.05) is 25.5 Å². The summed E-state index contributed by atoms with van der Waals surface area (Å²) < 4.78 is 1.55. The average Bonchev–Trinajstić information content (AvgIpc) is 2.82. The maximum absolute atomic E-state index is 11.9. The minimum Gasteiger partial charge on any atom is -0.324 e. The fourth-order valence-electron chi connectivity index (χ4n) is 2.07. The van der Waals surface area contributed by atoms with Gasteiger partial charge in [-0.05, 0) is 18.8 Å². The summed E-state index contributed by atoms with van der Waals surface area (Å²) in [5.41, 5.74) is 0. The van der Waals surface area contributed by atoms with E-state index in [0.29, 0.717) is 0 Å². The van der Waals surface area contributed by atoms with Crippen molar-refractivity contribution in [3.63, 3.8) is 0 Å². The number of nitrogens with zero attached hydrogens (tertiary/aromatic N) is 3. The van der Waals surface area contributed by atoms with E-state index in [-0.39, 0.29) is 6.03 Å². The van der Waals surface area contributed by atoms with Gasteiger partial charge in [-0.3, -0.25) is 4.57 Å². The van der Waals surface area contributed by atoms with Crippen molar-refractivity contribution in [1.82, 2.24) is 14.5 Å². The smallest absolute Gasteiger partial charge is 0.324 e. The lowest BCUT2D eigenvalue weighted by Crippen LogP contribution is -2.40. The molecule has 0 saturated carbocycles. The van der Waals surface area contributed by atoms with Crippen LogP contribution in [0.5, 0.6) is 0 Å². The predicted octanol–water partition coefficient (Wildman–Crippen LogP) is 1.97. The minimum atomic E-state index is 0.0575. The van der Waals surface area contributed by atoms with Crippen molar-refractivity contribution >= 4 is 6.03 Å². The van der Waals surface area contributed by atoms with Crippen LogP contribution in [0.25, 0.3) is 0 Å². The van der Waals surface area contributed by atoms with Gasteiger partial charge in [0.25, 0.3) is 0 Å². The van der Waals surface area contributed by atoms with Gasteiger partial charge < -0.3 is 4.90 Å². The molecule has 0 atom stereocenters. The number of imidazole rings is 1. The van der Waals surface area contributed by atoms with Gasteiger partial charge >= 0.3 is 6.03 Å². The standard InChI is InChI=1S/C11H17N3O/c1-2-10-3-6-13(7-4-10)11(15)14-8-5-12-9-14/h5,8-10H,2-4,6-7H2,1H3. The lowest BCUT2D eigenvalue weighted by molar-refractivity contribution is 0.171. The van der Waals surface area contributed by atoms with Crippen LogP contribution in [0.2, 0.25) is 0 Å². The van der Waals surface area contributed by atoms with Crippen LogP contribution in [-0.4, -0.2) is 33.6 Å². The Morgan fingerprint density at radius 3 is 2.73 bits per heavy atom. The fraction of sp³-hybridized carbons (Fsp3) is 0.636. The molecule has 0 radical (unpaired) electrons. The maximum Gasteiger partial charge on any atom is 0.329 e. The molecule has 1 aliphatic heterocycles. The molecule has 0 unspecified atom stereocenters. The first kappa shape index (κ1) is 10.2. The van der Waals surface area contributed by atoms with Crippen LogP contribution in [0.3, 0.4) is 0 Å². The zero-order valence-electron chi connectivity index (χ0n) is 9.09. The topological polar surface area (TPSA) is 38.1 Å². The van der Waals surface area contributed by atoms with E-state index in [1.807, 2.05) is 4.90 Å². The van der Waals surface area contributed by atoms with Gasteiger partial charge in [-0.2, -0.15) is 0 Å². The summed E-state index contributed by atoms with van der Waals surface area (Å²) in [7, 11) is 0. The van der Waals surface area contributed by atoms with Crippen molar-refractivity contribution in [2.45, 2.75) is 26.2 Å². The lowest BCUT2D eigenvalue weighted by atomic mass is 9.95. The first-order valence-corrected chi connectivity index (χ1v) is 5.58. The summed E-state index contributed by atoms with van der Waals surface area (Å²) in [4.78, 5) is 17.7. The van der Waals surface area contributed by atoms with Gasteiger partial charge in [-0.25, -0.2) is 9.78 Å². The summed E-state index contributed by atoms with van der Waals surface area (Å²) in [5, 5.41) is 0. The largest absolute Gasteiger partial charge is 0.329 e. The minimum absolute atomic E-state index is 0.0575. The molecule has 1 aromatic heterocycles. The summed E-state index contributed by atoms with van der Waals surface area (Å²) >= 11 is 0. The Labute approximate surface area is 89.9 Å². The Morgan fingerprint density at radius 1 is 1.47 bits per heavy atom. The lowest BCUT2D eigenvalue weighted by Gasteiger charge is -2.31. The summed E-state index contributed by atoms with van der Waals surface area (Å²) in [5.74, 6) is 0.803. The molecule has 15 heavy (non-hydrogen) atoms.